The fourth-order valence-corrected chi connectivity index (χ4v) is 4.98. The molecule has 0 unspecified atom stereocenters. The highest BCUT2D eigenvalue weighted by Crippen LogP contribution is 2.44. The molecule has 0 heterocycles. The van der Waals surface area contributed by atoms with Crippen LogP contribution >= 0.6 is 0 Å². The van der Waals surface area contributed by atoms with Gasteiger partial charge in [0.1, 0.15) is 18.7 Å². The molecular formula is C26H26N2O5. The second kappa shape index (κ2) is 9.37. The Morgan fingerprint density at radius 3 is 2.18 bits per heavy atom. The maximum absolute atomic E-state index is 13.2. The Labute approximate surface area is 192 Å². The molecule has 2 amide bonds. The summed E-state index contributed by atoms with van der Waals surface area (Å²) in [7, 11) is 0. The number of nitrogens with one attached hydrogen (secondary N) is 1. The number of nitrogens with zero attached hydrogens (tertiary/aromatic N) is 1. The van der Waals surface area contributed by atoms with Crippen molar-refractivity contribution in [2.75, 3.05) is 19.7 Å². The second-order valence-electron chi connectivity index (χ2n) is 8.50. The van der Waals surface area contributed by atoms with Gasteiger partial charge in [-0.15, -0.1) is 6.42 Å². The molecule has 0 bridgehead atoms. The zero-order chi connectivity index (χ0) is 23.4. The molecule has 0 saturated heterocycles. The summed E-state index contributed by atoms with van der Waals surface area (Å²) in [5.41, 5.74) is 3.25. The van der Waals surface area contributed by atoms with Crippen LogP contribution in [0.5, 0.6) is 0 Å². The number of carbonyl (C=O) groups excluding carboxylic acids is 2. The smallest absolute Gasteiger partial charge is 0.408 e. The Morgan fingerprint density at radius 1 is 1.06 bits per heavy atom. The second-order valence-corrected chi connectivity index (χ2v) is 8.50. The lowest BCUT2D eigenvalue weighted by molar-refractivity contribution is -0.147. The van der Waals surface area contributed by atoms with Crippen LogP contribution in [-0.4, -0.2) is 53.2 Å². The van der Waals surface area contributed by atoms with Crippen LogP contribution in [0.3, 0.4) is 0 Å². The van der Waals surface area contributed by atoms with E-state index in [-0.39, 0.29) is 19.1 Å². The molecule has 7 nitrogen and oxygen atoms in total. The maximum Gasteiger partial charge on any atom is 0.408 e. The van der Waals surface area contributed by atoms with Gasteiger partial charge in [0.15, 0.2) is 0 Å². The third kappa shape index (κ3) is 4.42. The van der Waals surface area contributed by atoms with Crippen LogP contribution in [0.15, 0.2) is 48.5 Å². The number of terminal acetylenes is 1. The lowest BCUT2D eigenvalue weighted by atomic mass is 9.95. The van der Waals surface area contributed by atoms with Crippen LogP contribution in [0.2, 0.25) is 0 Å². The van der Waals surface area contributed by atoms with Gasteiger partial charge in [-0.2, -0.15) is 0 Å². The van der Waals surface area contributed by atoms with Crippen molar-refractivity contribution in [2.24, 2.45) is 0 Å². The number of ether oxygens (including phenoxy) is 1. The molecule has 7 heteroatoms. The summed E-state index contributed by atoms with van der Waals surface area (Å²) in [6, 6.07) is 16.1. The fraction of sp³-hybridized carbons (Fsp3) is 0.346. The number of fused-ring (bicyclic) bond motifs is 3. The Kier molecular flexibility index (Phi) is 6.36. The van der Waals surface area contributed by atoms with E-state index in [0.717, 1.165) is 40.0 Å². The number of carbonyl (C=O) groups is 3. The van der Waals surface area contributed by atoms with E-state index in [1.54, 1.807) is 0 Å². The van der Waals surface area contributed by atoms with Gasteiger partial charge in [-0.3, -0.25) is 9.59 Å². The number of amides is 2. The highest BCUT2D eigenvalue weighted by Gasteiger charge is 2.45. The Morgan fingerprint density at radius 2 is 1.64 bits per heavy atom. The number of hydrogen-bond donors (Lipinski definition) is 2. The summed E-state index contributed by atoms with van der Waals surface area (Å²) in [5.74, 6) is 0.596. The van der Waals surface area contributed by atoms with E-state index in [1.807, 2.05) is 36.4 Å². The molecule has 0 atom stereocenters. The third-order valence-corrected chi connectivity index (χ3v) is 6.45. The van der Waals surface area contributed by atoms with Crippen LogP contribution < -0.4 is 5.32 Å². The van der Waals surface area contributed by atoms with Crippen molar-refractivity contribution in [1.29, 1.82) is 0 Å². The van der Waals surface area contributed by atoms with Crippen LogP contribution in [0, 0.1) is 12.3 Å². The predicted octanol–water partition coefficient (Wildman–Crippen LogP) is 3.38. The average molecular weight is 447 g/mol. The van der Waals surface area contributed by atoms with Crippen molar-refractivity contribution >= 4 is 18.0 Å². The van der Waals surface area contributed by atoms with E-state index >= 15 is 0 Å². The largest absolute Gasteiger partial charge is 0.480 e. The minimum absolute atomic E-state index is 0.0941. The summed E-state index contributed by atoms with van der Waals surface area (Å²) in [6.45, 7) is -0.524. The molecule has 1 fully saturated rings. The van der Waals surface area contributed by atoms with E-state index in [9.17, 15) is 14.4 Å². The van der Waals surface area contributed by atoms with Crippen molar-refractivity contribution in [3.05, 3.63) is 59.7 Å². The Hall–Kier alpha value is -3.79. The van der Waals surface area contributed by atoms with Gasteiger partial charge in [0.25, 0.3) is 0 Å². The SMILES string of the molecule is C#CCN(CC(=O)O)C(=O)C1(NC(=O)OCC2c3ccccc3-c3ccccc32)CCCC1. The lowest BCUT2D eigenvalue weighted by Crippen LogP contribution is -2.59. The van der Waals surface area contributed by atoms with Gasteiger partial charge in [-0.05, 0) is 35.1 Å². The molecule has 1 saturated carbocycles. The van der Waals surface area contributed by atoms with Gasteiger partial charge in [-0.25, -0.2) is 4.79 Å². The molecule has 33 heavy (non-hydrogen) atoms. The number of carboxylic acids is 1. The van der Waals surface area contributed by atoms with Gasteiger partial charge in [0, 0.05) is 5.92 Å². The minimum atomic E-state index is -1.20. The van der Waals surface area contributed by atoms with Gasteiger partial charge < -0.3 is 20.1 Å². The normalized spacial score (nSPS) is 15.7. The standard InChI is InChI=1S/C26H26N2O5/c1-2-15-28(16-23(29)30)24(31)26(13-7-8-14-26)27-25(32)33-17-22-20-11-5-3-9-18(20)19-10-4-6-12-21(19)22/h1,3-6,9-12,22H,7-8,13-17H2,(H,27,32)(H,29,30). The number of benzene rings is 2. The van der Waals surface area contributed by atoms with Crippen LogP contribution in [0.4, 0.5) is 4.79 Å². The van der Waals surface area contributed by atoms with Gasteiger partial charge >= 0.3 is 12.1 Å². The van der Waals surface area contributed by atoms with E-state index in [4.69, 9.17) is 16.3 Å². The first kappa shape index (κ1) is 22.4. The first-order chi connectivity index (χ1) is 15.9. The lowest BCUT2D eigenvalue weighted by Gasteiger charge is -2.33. The molecule has 0 radical (unpaired) electrons. The number of hydrogen-bond acceptors (Lipinski definition) is 4. The zero-order valence-corrected chi connectivity index (χ0v) is 18.3. The highest BCUT2D eigenvalue weighted by atomic mass is 16.5. The molecule has 4 rings (SSSR count). The topological polar surface area (TPSA) is 95.9 Å². The number of rotatable bonds is 7. The van der Waals surface area contributed by atoms with E-state index < -0.39 is 30.1 Å². The molecule has 0 aliphatic heterocycles. The maximum atomic E-state index is 13.2. The van der Waals surface area contributed by atoms with Crippen molar-refractivity contribution < 1.29 is 24.2 Å². The molecule has 2 aromatic carbocycles. The summed E-state index contributed by atoms with van der Waals surface area (Å²) in [5, 5.41) is 11.9. The molecule has 2 aliphatic carbocycles. The Balaban J connectivity index is 1.48. The molecule has 2 aliphatic rings. The predicted molar refractivity (Wildman–Crippen MR) is 122 cm³/mol. The average Bonchev–Trinajstić information content (AvgIpc) is 3.40. The summed E-state index contributed by atoms with van der Waals surface area (Å²) < 4.78 is 5.62. The van der Waals surface area contributed by atoms with Crippen molar-refractivity contribution in [3.8, 4) is 23.5 Å². The molecule has 2 aromatic rings. The quantitative estimate of drug-likeness (QED) is 0.636. The minimum Gasteiger partial charge on any atom is -0.480 e. The molecule has 0 spiro atoms. The van der Waals surface area contributed by atoms with Crippen LogP contribution in [0.25, 0.3) is 11.1 Å². The summed E-state index contributed by atoms with van der Waals surface area (Å²) in [6.07, 6.45) is 6.95. The number of aliphatic carboxylic acids is 1. The fourth-order valence-electron chi connectivity index (χ4n) is 4.98. The van der Waals surface area contributed by atoms with Crippen LogP contribution in [-0.2, 0) is 14.3 Å². The molecular weight excluding hydrogens is 420 g/mol. The van der Waals surface area contributed by atoms with Gasteiger partial charge in [-0.1, -0.05) is 67.3 Å². The van der Waals surface area contributed by atoms with Crippen molar-refractivity contribution in [3.63, 3.8) is 0 Å². The third-order valence-electron chi connectivity index (χ3n) is 6.45. The van der Waals surface area contributed by atoms with Crippen molar-refractivity contribution in [2.45, 2.75) is 37.1 Å². The number of carboxylic acid groups (broad SMARTS) is 1. The Bertz CT molecular complexity index is 1070. The van der Waals surface area contributed by atoms with Crippen LogP contribution in [0.1, 0.15) is 42.7 Å². The van der Waals surface area contributed by atoms with Gasteiger partial charge in [0.05, 0.1) is 6.54 Å². The van der Waals surface area contributed by atoms with E-state index in [1.165, 1.54) is 0 Å². The highest BCUT2D eigenvalue weighted by molar-refractivity contribution is 5.92. The van der Waals surface area contributed by atoms with Crippen molar-refractivity contribution in [1.82, 2.24) is 10.2 Å². The number of alkyl carbamates (subject to hydrolysis) is 1. The summed E-state index contributed by atoms with van der Waals surface area (Å²) >= 11 is 0. The molecule has 0 aromatic heterocycles. The van der Waals surface area contributed by atoms with E-state index in [2.05, 4.69) is 23.4 Å². The zero-order valence-electron chi connectivity index (χ0n) is 18.3. The van der Waals surface area contributed by atoms with Gasteiger partial charge in [0.2, 0.25) is 5.91 Å². The molecule has 2 N–H and O–H groups in total. The monoisotopic (exact) mass is 446 g/mol. The molecule has 170 valence electrons. The summed E-state index contributed by atoms with van der Waals surface area (Å²) in [4.78, 5) is 38.3. The van der Waals surface area contributed by atoms with E-state index in [0.29, 0.717) is 12.8 Å². The first-order valence-electron chi connectivity index (χ1n) is 11.0. The first-order valence-corrected chi connectivity index (χ1v) is 11.0.